The maximum absolute atomic E-state index is 12.1. The van der Waals surface area contributed by atoms with E-state index < -0.39 is 0 Å². The number of hydrogen-bond acceptors (Lipinski definition) is 2. The highest BCUT2D eigenvalue weighted by Gasteiger charge is 2.15. The van der Waals surface area contributed by atoms with Crippen LogP contribution < -0.4 is 0 Å². The number of carbonyl (C=O) groups excluding carboxylic acids is 1. The van der Waals surface area contributed by atoms with Gasteiger partial charge in [0, 0.05) is 31.2 Å². The van der Waals surface area contributed by atoms with Gasteiger partial charge in [0.2, 0.25) is 0 Å². The molecule has 4 heteroatoms. The Morgan fingerprint density at radius 2 is 1.67 bits per heavy atom. The van der Waals surface area contributed by atoms with E-state index >= 15 is 0 Å². The van der Waals surface area contributed by atoms with Crippen LogP contribution in [0, 0.1) is 39.0 Å². The molecule has 1 aromatic carbocycles. The Morgan fingerprint density at radius 1 is 1.08 bits per heavy atom. The molecule has 0 N–H and O–H groups in total. The van der Waals surface area contributed by atoms with Gasteiger partial charge in [0.15, 0.2) is 0 Å². The number of carbonyl (C=O) groups is 1. The molecule has 4 nitrogen and oxygen atoms in total. The van der Waals surface area contributed by atoms with Gasteiger partial charge in [-0.2, -0.15) is 5.26 Å². The minimum Gasteiger partial charge on any atom is -0.344 e. The van der Waals surface area contributed by atoms with Crippen molar-refractivity contribution in [1.82, 2.24) is 9.47 Å². The molecule has 2 rings (SSSR count). The van der Waals surface area contributed by atoms with E-state index in [-0.39, 0.29) is 11.5 Å². The Kier molecular flexibility index (Phi) is 4.94. The van der Waals surface area contributed by atoms with Crippen molar-refractivity contribution in [3.63, 3.8) is 0 Å². The topological polar surface area (TPSA) is 49.0 Å². The first-order valence-corrected chi connectivity index (χ1v) is 7.85. The van der Waals surface area contributed by atoms with Crippen LogP contribution in [-0.4, -0.2) is 29.5 Å². The zero-order chi connectivity index (χ0) is 18.0. The second-order valence-electron chi connectivity index (χ2n) is 6.38. The lowest BCUT2D eigenvalue weighted by molar-refractivity contribution is -0.124. The lowest BCUT2D eigenvalue weighted by Gasteiger charge is -2.12. The fourth-order valence-corrected chi connectivity index (χ4v) is 2.95. The summed E-state index contributed by atoms with van der Waals surface area (Å²) in [6, 6.07) is 10.4. The summed E-state index contributed by atoms with van der Waals surface area (Å²) in [5.74, 6) is -0.284. The number of nitriles is 1. The fourth-order valence-electron chi connectivity index (χ4n) is 2.95. The summed E-state index contributed by atoms with van der Waals surface area (Å²) in [6.07, 6.45) is 1.67. The van der Waals surface area contributed by atoms with Crippen LogP contribution in [-0.2, 0) is 4.79 Å². The number of amides is 1. The van der Waals surface area contributed by atoms with Crippen molar-refractivity contribution in [3.8, 4) is 11.8 Å². The Balaban J connectivity index is 2.58. The molecule has 0 radical (unpaired) electrons. The van der Waals surface area contributed by atoms with Crippen molar-refractivity contribution in [2.24, 2.45) is 0 Å². The highest BCUT2D eigenvalue weighted by molar-refractivity contribution is 6.01. The third-order valence-electron chi connectivity index (χ3n) is 3.99. The second kappa shape index (κ2) is 6.76. The van der Waals surface area contributed by atoms with Crippen LogP contribution in [0.4, 0.5) is 0 Å². The molecule has 0 unspecified atom stereocenters. The number of likely N-dealkylation sites (N-methyl/N-ethyl adjacent to an activating group) is 1. The molecule has 1 amide bonds. The van der Waals surface area contributed by atoms with E-state index in [1.54, 1.807) is 20.2 Å². The maximum Gasteiger partial charge on any atom is 0.264 e. The molecule has 0 atom stereocenters. The fraction of sp³-hybridized carbons (Fsp3) is 0.300. The average molecular weight is 321 g/mol. The number of hydrogen-bond donors (Lipinski definition) is 0. The van der Waals surface area contributed by atoms with Gasteiger partial charge in [0.05, 0.1) is 0 Å². The van der Waals surface area contributed by atoms with Crippen molar-refractivity contribution in [2.45, 2.75) is 27.7 Å². The predicted molar refractivity (Wildman–Crippen MR) is 97.0 cm³/mol. The van der Waals surface area contributed by atoms with E-state index in [2.05, 4.69) is 36.6 Å². The van der Waals surface area contributed by atoms with Crippen LogP contribution in [0.1, 0.15) is 28.1 Å². The highest BCUT2D eigenvalue weighted by Crippen LogP contribution is 2.24. The summed E-state index contributed by atoms with van der Waals surface area (Å²) in [6.45, 7) is 8.19. The molecule has 124 valence electrons. The summed E-state index contributed by atoms with van der Waals surface area (Å²) < 4.78 is 2.15. The van der Waals surface area contributed by atoms with Gasteiger partial charge in [-0.3, -0.25) is 4.79 Å². The summed E-state index contributed by atoms with van der Waals surface area (Å²) in [7, 11) is 3.29. The van der Waals surface area contributed by atoms with E-state index in [0.29, 0.717) is 0 Å². The predicted octanol–water partition coefficient (Wildman–Crippen LogP) is 3.71. The quantitative estimate of drug-likeness (QED) is 0.639. The van der Waals surface area contributed by atoms with Crippen LogP contribution in [0.5, 0.6) is 0 Å². The van der Waals surface area contributed by atoms with Gasteiger partial charge in [0.25, 0.3) is 5.91 Å². The van der Waals surface area contributed by atoms with Crippen molar-refractivity contribution < 1.29 is 4.79 Å². The molecule has 1 aromatic heterocycles. The Hall–Kier alpha value is -2.80. The molecule has 0 saturated carbocycles. The normalized spacial score (nSPS) is 11.3. The molecule has 0 fully saturated rings. The monoisotopic (exact) mass is 321 g/mol. The third-order valence-corrected chi connectivity index (χ3v) is 3.99. The highest BCUT2D eigenvalue weighted by atomic mass is 16.2. The largest absolute Gasteiger partial charge is 0.344 e. The number of nitrogens with zero attached hydrogens (tertiary/aromatic N) is 3. The maximum atomic E-state index is 12.1. The smallest absolute Gasteiger partial charge is 0.264 e. The molecule has 0 aliphatic rings. The van der Waals surface area contributed by atoms with Crippen molar-refractivity contribution >= 4 is 12.0 Å². The standard InChI is InChI=1S/C20H23N3O/c1-13-7-14(2)9-19(8-13)23-15(3)10-17(16(23)4)11-18(12-21)20(24)22(5)6/h7-11H,1-6H3. The van der Waals surface area contributed by atoms with Crippen LogP contribution in [0.15, 0.2) is 29.8 Å². The Labute approximate surface area is 143 Å². The summed E-state index contributed by atoms with van der Waals surface area (Å²) in [4.78, 5) is 13.5. The molecular formula is C20H23N3O. The summed E-state index contributed by atoms with van der Waals surface area (Å²) in [5.41, 5.74) is 6.61. The molecule has 1 heterocycles. The molecular weight excluding hydrogens is 298 g/mol. The SMILES string of the molecule is Cc1cc(C)cc(-n2c(C)cc(C=C(C#N)C(=O)N(C)C)c2C)c1. The summed E-state index contributed by atoms with van der Waals surface area (Å²) >= 11 is 0. The van der Waals surface area contributed by atoms with Gasteiger partial charge < -0.3 is 9.47 Å². The van der Waals surface area contributed by atoms with Crippen molar-refractivity contribution in [3.05, 3.63) is 57.9 Å². The van der Waals surface area contributed by atoms with E-state index in [9.17, 15) is 10.1 Å². The first kappa shape index (κ1) is 17.6. The van der Waals surface area contributed by atoms with Gasteiger partial charge in [0.1, 0.15) is 11.6 Å². The molecule has 0 aliphatic carbocycles. The van der Waals surface area contributed by atoms with Crippen LogP contribution >= 0.6 is 0 Å². The zero-order valence-corrected chi connectivity index (χ0v) is 15.1. The second-order valence-corrected chi connectivity index (χ2v) is 6.38. The van der Waals surface area contributed by atoms with Crippen LogP contribution in [0.25, 0.3) is 11.8 Å². The van der Waals surface area contributed by atoms with E-state index in [0.717, 1.165) is 22.6 Å². The molecule has 0 aliphatic heterocycles. The van der Waals surface area contributed by atoms with Crippen molar-refractivity contribution in [1.29, 1.82) is 5.26 Å². The Morgan fingerprint density at radius 3 is 2.17 bits per heavy atom. The molecule has 24 heavy (non-hydrogen) atoms. The van der Waals surface area contributed by atoms with Gasteiger partial charge in [-0.15, -0.1) is 0 Å². The Bertz CT molecular complexity index is 843. The number of rotatable bonds is 3. The molecule has 0 bridgehead atoms. The van der Waals surface area contributed by atoms with Crippen molar-refractivity contribution in [2.75, 3.05) is 14.1 Å². The minimum absolute atomic E-state index is 0.140. The van der Waals surface area contributed by atoms with E-state index in [1.165, 1.54) is 16.0 Å². The lowest BCUT2D eigenvalue weighted by atomic mass is 10.1. The average Bonchev–Trinajstić information content (AvgIpc) is 2.77. The minimum atomic E-state index is -0.284. The molecule has 0 saturated heterocycles. The third kappa shape index (κ3) is 3.41. The van der Waals surface area contributed by atoms with Crippen LogP contribution in [0.3, 0.4) is 0 Å². The van der Waals surface area contributed by atoms with E-state index in [4.69, 9.17) is 0 Å². The van der Waals surface area contributed by atoms with Gasteiger partial charge in [-0.1, -0.05) is 6.07 Å². The molecule has 0 spiro atoms. The number of aromatic nitrogens is 1. The molecule has 2 aromatic rings. The zero-order valence-electron chi connectivity index (χ0n) is 15.1. The summed E-state index contributed by atoms with van der Waals surface area (Å²) in [5, 5.41) is 9.29. The number of benzene rings is 1. The first-order valence-electron chi connectivity index (χ1n) is 7.85. The number of aryl methyl sites for hydroxylation is 3. The van der Waals surface area contributed by atoms with Gasteiger partial charge in [-0.05, 0) is 68.7 Å². The van der Waals surface area contributed by atoms with Crippen LogP contribution in [0.2, 0.25) is 0 Å². The van der Waals surface area contributed by atoms with Gasteiger partial charge >= 0.3 is 0 Å². The van der Waals surface area contributed by atoms with E-state index in [1.807, 2.05) is 26.0 Å². The van der Waals surface area contributed by atoms with Gasteiger partial charge in [-0.25, -0.2) is 0 Å². The lowest BCUT2D eigenvalue weighted by Crippen LogP contribution is -2.22. The first-order chi connectivity index (χ1) is 11.2.